The molecule has 0 saturated carbocycles. The molecule has 0 fully saturated rings. The lowest BCUT2D eigenvalue weighted by Crippen LogP contribution is -2.35. The Labute approximate surface area is 165 Å². The molecule has 0 aliphatic carbocycles. The van der Waals surface area contributed by atoms with Crippen LogP contribution in [0.4, 0.5) is 0 Å². The summed E-state index contributed by atoms with van der Waals surface area (Å²) in [4.78, 5) is 15.2. The van der Waals surface area contributed by atoms with Gasteiger partial charge in [-0.1, -0.05) is 26.0 Å². The topological polar surface area (TPSA) is 48.0 Å². The Balaban J connectivity index is 1.66. The van der Waals surface area contributed by atoms with Crippen LogP contribution in [0.1, 0.15) is 40.9 Å². The standard InChI is InChI=1S/C23H25NO4/c1-14(2)11-24-12-17-10-19-21(25)20(9-16-6-5-7-18(8-16)26-4)28-23(19)15(3)22(17)27-13-24/h5-10,14H,11-13H2,1-4H3/b20-9-. The lowest BCUT2D eigenvalue weighted by atomic mass is 9.99. The van der Waals surface area contributed by atoms with E-state index < -0.39 is 0 Å². The predicted octanol–water partition coefficient (Wildman–Crippen LogP) is 4.43. The van der Waals surface area contributed by atoms with Gasteiger partial charge in [-0.15, -0.1) is 0 Å². The van der Waals surface area contributed by atoms with E-state index in [1.807, 2.05) is 37.3 Å². The van der Waals surface area contributed by atoms with Crippen molar-refractivity contribution in [3.8, 4) is 17.2 Å². The summed E-state index contributed by atoms with van der Waals surface area (Å²) < 4.78 is 17.2. The molecular formula is C23H25NO4. The zero-order valence-electron chi connectivity index (χ0n) is 16.7. The van der Waals surface area contributed by atoms with Gasteiger partial charge in [-0.2, -0.15) is 0 Å². The second kappa shape index (κ2) is 7.32. The van der Waals surface area contributed by atoms with E-state index in [1.165, 1.54) is 0 Å². The van der Waals surface area contributed by atoms with Crippen LogP contribution >= 0.6 is 0 Å². The quantitative estimate of drug-likeness (QED) is 0.736. The Morgan fingerprint density at radius 2 is 2.07 bits per heavy atom. The van der Waals surface area contributed by atoms with Gasteiger partial charge in [-0.25, -0.2) is 0 Å². The highest BCUT2D eigenvalue weighted by atomic mass is 16.5. The summed E-state index contributed by atoms with van der Waals surface area (Å²) in [6.45, 7) is 8.64. The van der Waals surface area contributed by atoms with Gasteiger partial charge in [0, 0.05) is 24.2 Å². The SMILES string of the molecule is COc1cccc(/C=C2\Oc3c(cc4c(c3C)OCN(CC(C)C)C4)C2=O)c1. The Morgan fingerprint density at radius 1 is 1.25 bits per heavy atom. The predicted molar refractivity (Wildman–Crippen MR) is 108 cm³/mol. The number of ether oxygens (including phenoxy) is 3. The number of hydrogen-bond acceptors (Lipinski definition) is 5. The van der Waals surface area contributed by atoms with Crippen LogP contribution in [0.5, 0.6) is 17.2 Å². The summed E-state index contributed by atoms with van der Waals surface area (Å²) in [5, 5.41) is 0. The molecule has 0 atom stereocenters. The van der Waals surface area contributed by atoms with Crippen LogP contribution in [-0.2, 0) is 6.54 Å². The minimum absolute atomic E-state index is 0.0929. The van der Waals surface area contributed by atoms with Crippen molar-refractivity contribution in [1.29, 1.82) is 0 Å². The molecule has 2 aliphatic heterocycles. The molecule has 2 aliphatic rings. The number of methoxy groups -OCH3 is 1. The molecule has 4 rings (SSSR count). The molecule has 0 saturated heterocycles. The number of nitrogens with zero attached hydrogens (tertiary/aromatic N) is 1. The summed E-state index contributed by atoms with van der Waals surface area (Å²) >= 11 is 0. The van der Waals surface area contributed by atoms with Crippen molar-refractivity contribution < 1.29 is 19.0 Å². The van der Waals surface area contributed by atoms with Crippen LogP contribution in [0.2, 0.25) is 0 Å². The van der Waals surface area contributed by atoms with Crippen molar-refractivity contribution in [1.82, 2.24) is 4.90 Å². The Kier molecular flexibility index (Phi) is 4.85. The monoisotopic (exact) mass is 379 g/mol. The third-order valence-corrected chi connectivity index (χ3v) is 5.02. The molecular weight excluding hydrogens is 354 g/mol. The average molecular weight is 379 g/mol. The van der Waals surface area contributed by atoms with Gasteiger partial charge in [-0.3, -0.25) is 9.69 Å². The fourth-order valence-corrected chi connectivity index (χ4v) is 3.81. The van der Waals surface area contributed by atoms with Crippen LogP contribution in [0, 0.1) is 12.8 Å². The number of carbonyl (C=O) groups is 1. The molecule has 2 aromatic carbocycles. The van der Waals surface area contributed by atoms with E-state index in [1.54, 1.807) is 13.2 Å². The minimum atomic E-state index is -0.0929. The third kappa shape index (κ3) is 3.38. The number of carbonyl (C=O) groups excluding carboxylic acids is 1. The number of ketones is 1. The molecule has 5 nitrogen and oxygen atoms in total. The highest BCUT2D eigenvalue weighted by Crippen LogP contribution is 2.43. The number of fused-ring (bicyclic) bond motifs is 2. The maximum absolute atomic E-state index is 13.0. The van der Waals surface area contributed by atoms with Gasteiger partial charge >= 0.3 is 0 Å². The van der Waals surface area contributed by atoms with E-state index in [0.29, 0.717) is 29.7 Å². The fraction of sp³-hybridized carbons (Fsp3) is 0.348. The Morgan fingerprint density at radius 3 is 2.82 bits per heavy atom. The molecule has 0 spiro atoms. The van der Waals surface area contributed by atoms with Gasteiger partial charge in [0.1, 0.15) is 24.0 Å². The zero-order chi connectivity index (χ0) is 19.8. The highest BCUT2D eigenvalue weighted by molar-refractivity contribution is 6.15. The number of rotatable bonds is 4. The summed E-state index contributed by atoms with van der Waals surface area (Å²) in [5.41, 5.74) is 3.40. The van der Waals surface area contributed by atoms with Crippen molar-refractivity contribution in [2.24, 2.45) is 5.92 Å². The highest BCUT2D eigenvalue weighted by Gasteiger charge is 2.33. The first-order chi connectivity index (χ1) is 13.5. The Hall–Kier alpha value is -2.79. The number of hydrogen-bond donors (Lipinski definition) is 0. The van der Waals surface area contributed by atoms with Crippen LogP contribution in [0.15, 0.2) is 36.1 Å². The van der Waals surface area contributed by atoms with Gasteiger partial charge < -0.3 is 14.2 Å². The first-order valence-corrected chi connectivity index (χ1v) is 9.56. The number of allylic oxidation sites excluding steroid dienone is 1. The van der Waals surface area contributed by atoms with Crippen molar-refractivity contribution >= 4 is 11.9 Å². The molecule has 2 heterocycles. The molecule has 146 valence electrons. The summed E-state index contributed by atoms with van der Waals surface area (Å²) in [6, 6.07) is 9.47. The van der Waals surface area contributed by atoms with Gasteiger partial charge in [0.25, 0.3) is 0 Å². The molecule has 2 aromatic rings. The van der Waals surface area contributed by atoms with E-state index >= 15 is 0 Å². The smallest absolute Gasteiger partial charge is 0.231 e. The summed E-state index contributed by atoms with van der Waals surface area (Å²) in [7, 11) is 1.62. The van der Waals surface area contributed by atoms with Crippen molar-refractivity contribution in [2.45, 2.75) is 27.3 Å². The average Bonchev–Trinajstić information content (AvgIpc) is 2.98. The lowest BCUT2D eigenvalue weighted by Gasteiger charge is -2.31. The summed E-state index contributed by atoms with van der Waals surface area (Å²) in [6.07, 6.45) is 1.76. The van der Waals surface area contributed by atoms with Crippen LogP contribution in [-0.4, -0.2) is 31.1 Å². The zero-order valence-corrected chi connectivity index (χ0v) is 16.7. The molecule has 0 amide bonds. The second-order valence-corrected chi connectivity index (χ2v) is 7.76. The summed E-state index contributed by atoms with van der Waals surface area (Å²) in [5.74, 6) is 2.98. The van der Waals surface area contributed by atoms with E-state index in [2.05, 4.69) is 18.7 Å². The molecule has 0 bridgehead atoms. The van der Waals surface area contributed by atoms with E-state index in [9.17, 15) is 4.79 Å². The van der Waals surface area contributed by atoms with Crippen molar-refractivity contribution in [3.63, 3.8) is 0 Å². The van der Waals surface area contributed by atoms with Crippen LogP contribution < -0.4 is 14.2 Å². The lowest BCUT2D eigenvalue weighted by molar-refractivity contribution is 0.0835. The largest absolute Gasteiger partial charge is 0.497 e. The third-order valence-electron chi connectivity index (χ3n) is 5.02. The maximum atomic E-state index is 13.0. The number of benzene rings is 2. The van der Waals surface area contributed by atoms with E-state index in [0.717, 1.165) is 41.3 Å². The molecule has 0 radical (unpaired) electrons. The van der Waals surface area contributed by atoms with Crippen LogP contribution in [0.3, 0.4) is 0 Å². The number of Topliss-reactive ketones (excluding diaryl/α,β-unsaturated/α-hetero) is 1. The normalized spacial score (nSPS) is 17.3. The van der Waals surface area contributed by atoms with Gasteiger partial charge in [0.2, 0.25) is 5.78 Å². The van der Waals surface area contributed by atoms with E-state index in [4.69, 9.17) is 14.2 Å². The fourth-order valence-electron chi connectivity index (χ4n) is 3.81. The minimum Gasteiger partial charge on any atom is -0.497 e. The van der Waals surface area contributed by atoms with Crippen molar-refractivity contribution in [2.75, 3.05) is 20.4 Å². The first kappa shape index (κ1) is 18.6. The molecule has 5 heteroatoms. The molecule has 0 N–H and O–H groups in total. The maximum Gasteiger partial charge on any atom is 0.231 e. The molecule has 28 heavy (non-hydrogen) atoms. The Bertz CT molecular complexity index is 961. The molecule has 0 unspecified atom stereocenters. The second-order valence-electron chi connectivity index (χ2n) is 7.76. The van der Waals surface area contributed by atoms with Crippen LogP contribution in [0.25, 0.3) is 6.08 Å². The first-order valence-electron chi connectivity index (χ1n) is 9.56. The molecule has 0 aromatic heterocycles. The van der Waals surface area contributed by atoms with Gasteiger partial charge in [0.15, 0.2) is 5.76 Å². The van der Waals surface area contributed by atoms with Gasteiger partial charge in [-0.05, 0) is 42.7 Å². The van der Waals surface area contributed by atoms with Gasteiger partial charge in [0.05, 0.1) is 12.7 Å². The van der Waals surface area contributed by atoms with E-state index in [-0.39, 0.29) is 5.78 Å². The van der Waals surface area contributed by atoms with Crippen molar-refractivity contribution in [3.05, 3.63) is 58.3 Å².